The van der Waals surface area contributed by atoms with Crippen molar-refractivity contribution in [2.45, 2.75) is 382 Å². The summed E-state index contributed by atoms with van der Waals surface area (Å²) in [7, 11) is -9.91. The number of carbonyl (C=O) groups excluding carboxylic acids is 4. The average Bonchev–Trinajstić information content (AvgIpc) is 2.24. The van der Waals surface area contributed by atoms with Gasteiger partial charge in [-0.15, -0.1) is 0 Å². The monoisotopic (exact) mass is 1350 g/mol. The van der Waals surface area contributed by atoms with Crippen molar-refractivity contribution in [2.75, 3.05) is 39.6 Å². The molecule has 0 aliphatic heterocycles. The summed E-state index contributed by atoms with van der Waals surface area (Å²) in [5.74, 6) is 0.900. The Hall–Kier alpha value is -1.94. The van der Waals surface area contributed by atoms with Crippen LogP contribution in [0.15, 0.2) is 0 Å². The fourth-order valence-electron chi connectivity index (χ4n) is 11.0. The van der Waals surface area contributed by atoms with E-state index in [4.69, 9.17) is 37.0 Å². The van der Waals surface area contributed by atoms with Gasteiger partial charge in [-0.25, -0.2) is 9.13 Å². The van der Waals surface area contributed by atoms with E-state index < -0.39 is 97.5 Å². The van der Waals surface area contributed by atoms with Gasteiger partial charge in [-0.2, -0.15) is 0 Å². The van der Waals surface area contributed by atoms with Crippen LogP contribution in [-0.4, -0.2) is 96.7 Å². The lowest BCUT2D eigenvalue weighted by Crippen LogP contribution is -2.30. The molecule has 3 unspecified atom stereocenters. The second-order valence-corrected chi connectivity index (χ2v) is 30.9. The van der Waals surface area contributed by atoms with Gasteiger partial charge >= 0.3 is 39.5 Å². The first-order valence-corrected chi connectivity index (χ1v) is 40.7. The number of esters is 4. The van der Waals surface area contributed by atoms with Crippen molar-refractivity contribution in [1.82, 2.24) is 0 Å². The van der Waals surface area contributed by atoms with Crippen LogP contribution < -0.4 is 0 Å². The van der Waals surface area contributed by atoms with E-state index in [1.54, 1.807) is 0 Å². The summed E-state index contributed by atoms with van der Waals surface area (Å²) in [6, 6.07) is 0. The Kier molecular flexibility index (Phi) is 61.3. The summed E-state index contributed by atoms with van der Waals surface area (Å²) in [5.41, 5.74) is 0. The Morgan fingerprint density at radius 1 is 0.304 bits per heavy atom. The highest BCUT2D eigenvalue weighted by Gasteiger charge is 2.30. The minimum absolute atomic E-state index is 0.105. The van der Waals surface area contributed by atoms with Gasteiger partial charge in [0.1, 0.15) is 19.3 Å². The van der Waals surface area contributed by atoms with Crippen LogP contribution in [0.4, 0.5) is 0 Å². The van der Waals surface area contributed by atoms with Gasteiger partial charge in [0.25, 0.3) is 0 Å². The normalized spacial score (nSPS) is 14.5. The van der Waals surface area contributed by atoms with Gasteiger partial charge in [0, 0.05) is 25.7 Å². The minimum Gasteiger partial charge on any atom is -0.462 e. The number of aliphatic hydroxyl groups is 1. The molecule has 0 spiro atoms. The molecule has 0 radical (unpaired) electrons. The number of carbonyl (C=O) groups is 4. The highest BCUT2D eigenvalue weighted by molar-refractivity contribution is 7.47. The molecule has 0 aliphatic carbocycles. The maximum absolute atomic E-state index is 13.0. The lowest BCUT2D eigenvalue weighted by molar-refractivity contribution is -0.161. The molecule has 0 amide bonds. The Morgan fingerprint density at radius 2 is 0.522 bits per heavy atom. The van der Waals surface area contributed by atoms with Gasteiger partial charge in [-0.1, -0.05) is 312 Å². The van der Waals surface area contributed by atoms with Crippen molar-refractivity contribution in [2.24, 2.45) is 23.7 Å². The van der Waals surface area contributed by atoms with Crippen LogP contribution in [-0.2, 0) is 65.4 Å². The third-order valence-corrected chi connectivity index (χ3v) is 19.1. The van der Waals surface area contributed by atoms with E-state index in [0.717, 1.165) is 120 Å². The molecule has 0 saturated heterocycles. The molecule has 0 fully saturated rings. The third kappa shape index (κ3) is 65.4. The van der Waals surface area contributed by atoms with Gasteiger partial charge in [-0.3, -0.25) is 37.3 Å². The summed E-state index contributed by atoms with van der Waals surface area (Å²) in [5, 5.41) is 10.6. The zero-order valence-electron chi connectivity index (χ0n) is 60.2. The molecule has 0 aromatic heterocycles. The molecule has 0 saturated carbocycles. The fourth-order valence-corrected chi connectivity index (χ4v) is 12.6. The number of phosphoric ester groups is 2. The van der Waals surface area contributed by atoms with Gasteiger partial charge in [0.05, 0.1) is 26.4 Å². The number of rotatable bonds is 70. The lowest BCUT2D eigenvalue weighted by Gasteiger charge is -2.21. The van der Waals surface area contributed by atoms with E-state index in [2.05, 4.69) is 55.4 Å². The number of unbranched alkanes of at least 4 members (excludes halogenated alkanes) is 35. The van der Waals surface area contributed by atoms with E-state index in [-0.39, 0.29) is 25.7 Å². The highest BCUT2D eigenvalue weighted by Crippen LogP contribution is 2.45. The molecule has 546 valence electrons. The van der Waals surface area contributed by atoms with E-state index in [1.165, 1.54) is 161 Å². The molecule has 19 heteroatoms. The van der Waals surface area contributed by atoms with Crippen LogP contribution in [0.2, 0.25) is 0 Å². The summed E-state index contributed by atoms with van der Waals surface area (Å²) in [6.45, 7) is 14.1. The van der Waals surface area contributed by atoms with Crippen LogP contribution in [0, 0.1) is 23.7 Å². The largest absolute Gasteiger partial charge is 0.472 e. The molecule has 3 N–H and O–H groups in total. The van der Waals surface area contributed by atoms with Crippen LogP contribution >= 0.6 is 15.6 Å². The first kappa shape index (κ1) is 90.1. The zero-order chi connectivity index (χ0) is 68.2. The van der Waals surface area contributed by atoms with Crippen molar-refractivity contribution >= 4 is 39.5 Å². The predicted octanol–water partition coefficient (Wildman–Crippen LogP) is 20.9. The second kappa shape index (κ2) is 62.6. The maximum atomic E-state index is 13.0. The molecule has 0 aliphatic rings. The van der Waals surface area contributed by atoms with Crippen molar-refractivity contribution < 1.29 is 80.2 Å². The molecular formula is C73H142O17P2. The first-order chi connectivity index (χ1) is 44.1. The van der Waals surface area contributed by atoms with Gasteiger partial charge in [0.15, 0.2) is 12.2 Å². The summed E-state index contributed by atoms with van der Waals surface area (Å²) in [6.07, 6.45) is 45.8. The summed E-state index contributed by atoms with van der Waals surface area (Å²) < 4.78 is 68.4. The van der Waals surface area contributed by atoms with Crippen molar-refractivity contribution in [1.29, 1.82) is 0 Å². The summed E-state index contributed by atoms with van der Waals surface area (Å²) in [4.78, 5) is 72.7. The Bertz CT molecular complexity index is 1820. The van der Waals surface area contributed by atoms with Crippen LogP contribution in [0.3, 0.4) is 0 Å². The Labute approximate surface area is 562 Å². The highest BCUT2D eigenvalue weighted by atomic mass is 31.2. The van der Waals surface area contributed by atoms with Crippen molar-refractivity contribution in [3.63, 3.8) is 0 Å². The van der Waals surface area contributed by atoms with Gasteiger partial charge in [-0.05, 0) is 49.4 Å². The van der Waals surface area contributed by atoms with Crippen LogP contribution in [0.1, 0.15) is 364 Å². The van der Waals surface area contributed by atoms with E-state index in [0.29, 0.717) is 25.7 Å². The molecule has 0 aromatic rings. The third-order valence-electron chi connectivity index (χ3n) is 17.2. The van der Waals surface area contributed by atoms with Crippen molar-refractivity contribution in [3.05, 3.63) is 0 Å². The minimum atomic E-state index is -4.95. The van der Waals surface area contributed by atoms with Crippen LogP contribution in [0.25, 0.3) is 0 Å². The zero-order valence-corrected chi connectivity index (χ0v) is 62.0. The number of hydrogen-bond donors (Lipinski definition) is 3. The predicted molar refractivity (Wildman–Crippen MR) is 372 cm³/mol. The molecular weight excluding hydrogens is 1210 g/mol. The number of ether oxygens (including phenoxy) is 4. The van der Waals surface area contributed by atoms with Crippen molar-refractivity contribution in [3.8, 4) is 0 Å². The molecule has 6 atom stereocenters. The molecule has 92 heavy (non-hydrogen) atoms. The molecule has 0 aromatic carbocycles. The first-order valence-electron chi connectivity index (χ1n) is 37.7. The quantitative estimate of drug-likeness (QED) is 0.0222. The Morgan fingerprint density at radius 3 is 0.772 bits per heavy atom. The lowest BCUT2D eigenvalue weighted by atomic mass is 10.00. The molecule has 17 nitrogen and oxygen atoms in total. The van der Waals surface area contributed by atoms with E-state index in [9.17, 15) is 43.2 Å². The standard InChI is InChI=1S/C73H142O17P2/c1-9-66(8)52-44-36-31-32-38-46-54-71(76)84-60-69(90-72(77)55-47-39-29-23-17-13-11-15-20-26-34-42-50-64(4)5)62-88-92(81,82)86-58-67(74)57-85-91(79,80)87-61-68(89-73(78)56-48-40-30-24-18-21-27-35-43-51-65(6)7)59-83-70(75)53-45-37-28-22-16-12-10-14-19-25-33-41-49-63(2)3/h63-69,74H,9-62H2,1-8H3,(H,79,80)(H,81,82)/t66?,67-,68-,69-/m1/s1. The van der Waals surface area contributed by atoms with Gasteiger partial charge in [0.2, 0.25) is 0 Å². The Balaban J connectivity index is 5.25. The van der Waals surface area contributed by atoms with Gasteiger partial charge < -0.3 is 33.8 Å². The number of aliphatic hydroxyl groups excluding tert-OH is 1. The smallest absolute Gasteiger partial charge is 0.462 e. The number of hydrogen-bond acceptors (Lipinski definition) is 15. The molecule has 0 heterocycles. The van der Waals surface area contributed by atoms with E-state index >= 15 is 0 Å². The average molecular weight is 1350 g/mol. The molecule has 0 rings (SSSR count). The SMILES string of the molecule is CCC(C)CCCCCCCCC(=O)OC[C@H](COP(=O)(O)OC[C@H](O)COP(=O)(O)OC[C@@H](COC(=O)CCCCCCCCCCCCCCC(C)C)OC(=O)CCCCCCCCCCCC(C)C)OC(=O)CCCCCCCCCCCCCCC(C)C. The molecule has 0 bridgehead atoms. The maximum Gasteiger partial charge on any atom is 0.472 e. The fraction of sp³-hybridized carbons (Fsp3) is 0.945. The second-order valence-electron chi connectivity index (χ2n) is 28.0. The van der Waals surface area contributed by atoms with E-state index in [1.807, 2.05) is 0 Å². The topological polar surface area (TPSA) is 237 Å². The number of phosphoric acid groups is 2. The summed E-state index contributed by atoms with van der Waals surface area (Å²) >= 11 is 0. The van der Waals surface area contributed by atoms with Crippen LogP contribution in [0.5, 0.6) is 0 Å².